The van der Waals surface area contributed by atoms with Crippen molar-refractivity contribution in [1.82, 2.24) is 14.5 Å². The minimum Gasteiger partial charge on any atom is -0.493 e. The van der Waals surface area contributed by atoms with Crippen molar-refractivity contribution in [3.8, 4) is 22.8 Å². The lowest BCUT2D eigenvalue weighted by molar-refractivity contribution is -0.136. The zero-order valence-electron chi connectivity index (χ0n) is 36.8. The number of hydrogen-bond acceptors (Lipinski definition) is 12. The average Bonchev–Trinajstić information content (AvgIpc) is 3.81. The number of dihydropyridines is 1. The highest BCUT2D eigenvalue weighted by atomic mass is 35.5. The van der Waals surface area contributed by atoms with Gasteiger partial charge in [-0.1, -0.05) is 57.7 Å². The van der Waals surface area contributed by atoms with Gasteiger partial charge in [0.2, 0.25) is 0 Å². The highest BCUT2D eigenvalue weighted by Crippen LogP contribution is 2.46. The summed E-state index contributed by atoms with van der Waals surface area (Å²) in [5, 5.41) is 12.4. The molecule has 4 aromatic rings. The first-order valence-corrected chi connectivity index (χ1v) is 22.8. The Kier molecular flexibility index (Phi) is 14.8. The smallest absolute Gasteiger partial charge is 0.341 e. The number of Topliss-reactive ketones (excluding diaryl/α,β-unsaturated/α-hetero) is 1. The van der Waals surface area contributed by atoms with E-state index in [0.717, 1.165) is 48.8 Å². The number of morpholine rings is 1. The van der Waals surface area contributed by atoms with Crippen molar-refractivity contribution in [2.75, 3.05) is 47.1 Å². The number of ketones is 1. The van der Waals surface area contributed by atoms with E-state index in [4.69, 9.17) is 35.5 Å². The molecule has 1 saturated heterocycles. The van der Waals surface area contributed by atoms with Crippen molar-refractivity contribution in [3.63, 3.8) is 0 Å². The highest BCUT2D eigenvalue weighted by Gasteiger charge is 2.38. The molecule has 340 valence electrons. The lowest BCUT2D eigenvalue weighted by Crippen LogP contribution is -2.51. The van der Waals surface area contributed by atoms with Gasteiger partial charge in [-0.2, -0.15) is 0 Å². The van der Waals surface area contributed by atoms with Gasteiger partial charge < -0.3 is 28.6 Å². The van der Waals surface area contributed by atoms with Crippen molar-refractivity contribution >= 4 is 46.4 Å². The number of carboxylic acid groups (broad SMARTS) is 1. The number of carbonyl (C=O) groups is 3. The van der Waals surface area contributed by atoms with E-state index in [1.807, 2.05) is 22.1 Å². The van der Waals surface area contributed by atoms with E-state index < -0.39 is 35.3 Å². The fraction of sp³-hybridized carbons (Fsp3) is 0.458. The normalized spacial score (nSPS) is 18.8. The molecule has 0 radical (unpaired) electrons. The van der Waals surface area contributed by atoms with Crippen molar-refractivity contribution in [3.05, 3.63) is 108 Å². The molecular formula is C48H54ClFN4O9S. The maximum Gasteiger partial charge on any atom is 0.341 e. The molecule has 1 N–H and O–H groups in total. The second kappa shape index (κ2) is 20.3. The lowest BCUT2D eigenvalue weighted by atomic mass is 9.78. The molecule has 1 unspecified atom stereocenters. The van der Waals surface area contributed by atoms with Gasteiger partial charge in [-0.25, -0.2) is 19.0 Å². The van der Waals surface area contributed by atoms with Crippen LogP contribution in [0.3, 0.4) is 0 Å². The first kappa shape index (κ1) is 46.8. The maximum absolute atomic E-state index is 14.1. The van der Waals surface area contributed by atoms with E-state index in [1.165, 1.54) is 48.9 Å². The number of fused-ring (bicyclic) bond motifs is 3. The molecule has 1 fully saturated rings. The Morgan fingerprint density at radius 1 is 1.05 bits per heavy atom. The third-order valence-electron chi connectivity index (χ3n) is 12.2. The zero-order chi connectivity index (χ0) is 45.7. The number of esters is 1. The first-order valence-electron chi connectivity index (χ1n) is 21.6. The molecule has 2 aromatic carbocycles. The van der Waals surface area contributed by atoms with Gasteiger partial charge in [0, 0.05) is 72.0 Å². The molecule has 7 rings (SSSR count). The van der Waals surface area contributed by atoms with Crippen LogP contribution in [-0.2, 0) is 25.5 Å². The topological polar surface area (TPSA) is 159 Å². The Hall–Kier alpha value is -5.22. The molecule has 0 aliphatic carbocycles. The van der Waals surface area contributed by atoms with Crippen molar-refractivity contribution < 1.29 is 42.8 Å². The number of aromatic nitrogens is 2. The number of benzene rings is 2. The number of aliphatic imine (C=N–C) groups is 1. The van der Waals surface area contributed by atoms with Crippen LogP contribution < -0.4 is 14.9 Å². The molecule has 16 heteroatoms. The van der Waals surface area contributed by atoms with Crippen LogP contribution in [0.4, 0.5) is 4.39 Å². The minimum atomic E-state index is -1.25. The van der Waals surface area contributed by atoms with Gasteiger partial charge in [-0.15, -0.1) is 11.3 Å². The van der Waals surface area contributed by atoms with Crippen LogP contribution in [0.25, 0.3) is 11.3 Å². The highest BCUT2D eigenvalue weighted by molar-refractivity contribution is 7.11. The molecule has 0 spiro atoms. The summed E-state index contributed by atoms with van der Waals surface area (Å²) in [7, 11) is 2.88. The fourth-order valence-electron chi connectivity index (χ4n) is 8.85. The number of aromatic carboxylic acids is 1. The summed E-state index contributed by atoms with van der Waals surface area (Å²) >= 11 is 7.98. The Balaban J connectivity index is 0.951. The number of hydrogen-bond donors (Lipinski definition) is 1. The summed E-state index contributed by atoms with van der Waals surface area (Å²) in [6, 6.07) is 7.83. The molecule has 3 aliphatic heterocycles. The van der Waals surface area contributed by atoms with Crippen LogP contribution in [0.15, 0.2) is 75.1 Å². The van der Waals surface area contributed by atoms with Crippen LogP contribution in [0.5, 0.6) is 11.5 Å². The molecule has 0 bridgehead atoms. The SMILES string of the molecule is COC(=O)C1=C(CN2CCOC[C@H]2C(=O)CCCCCCCOc2cc3c(cc2OC)-c2cc(=O)c(C(=O)O)cn2C(C(C)(C)C)C3)CC(c2nccs2)=N[C@H]1c1ccc(F)cc1Cl. The van der Waals surface area contributed by atoms with Crippen LogP contribution in [-0.4, -0.2) is 96.2 Å². The summed E-state index contributed by atoms with van der Waals surface area (Å²) in [6.45, 7) is 8.24. The predicted octanol–water partition coefficient (Wildman–Crippen LogP) is 8.71. The number of carboxylic acids is 1. The van der Waals surface area contributed by atoms with Gasteiger partial charge in [0.1, 0.15) is 22.4 Å². The number of nitrogens with zero attached hydrogens (tertiary/aromatic N) is 4. The number of thiazole rings is 1. The number of carbonyl (C=O) groups excluding carboxylic acids is 2. The largest absolute Gasteiger partial charge is 0.493 e. The minimum absolute atomic E-state index is 0.0778. The summed E-state index contributed by atoms with van der Waals surface area (Å²) in [5.74, 6) is -1.10. The summed E-state index contributed by atoms with van der Waals surface area (Å²) < 4.78 is 39.1. The van der Waals surface area contributed by atoms with E-state index in [-0.39, 0.29) is 34.4 Å². The Morgan fingerprint density at radius 3 is 2.53 bits per heavy atom. The molecular weight excluding hydrogens is 863 g/mol. The predicted molar refractivity (Wildman–Crippen MR) is 243 cm³/mol. The van der Waals surface area contributed by atoms with Gasteiger partial charge in [0.25, 0.3) is 0 Å². The molecule has 0 amide bonds. The molecule has 3 aliphatic rings. The number of pyridine rings is 1. The van der Waals surface area contributed by atoms with Gasteiger partial charge in [-0.3, -0.25) is 19.5 Å². The zero-order valence-corrected chi connectivity index (χ0v) is 38.4. The number of unbranched alkanes of at least 4 members (excludes halogenated alkanes) is 4. The molecule has 0 saturated carbocycles. The number of rotatable bonds is 17. The van der Waals surface area contributed by atoms with Gasteiger partial charge in [0.05, 0.1) is 57.1 Å². The van der Waals surface area contributed by atoms with Gasteiger partial charge >= 0.3 is 11.9 Å². The Bertz CT molecular complexity index is 2510. The van der Waals surface area contributed by atoms with E-state index in [0.29, 0.717) is 84.6 Å². The monoisotopic (exact) mass is 916 g/mol. The average molecular weight is 917 g/mol. The van der Waals surface area contributed by atoms with Crippen LogP contribution in [0, 0.1) is 11.2 Å². The van der Waals surface area contributed by atoms with Crippen molar-refractivity contribution in [2.24, 2.45) is 10.4 Å². The number of ether oxygens (including phenoxy) is 4. The van der Waals surface area contributed by atoms with Crippen LogP contribution in [0.2, 0.25) is 5.02 Å². The fourth-order valence-corrected chi connectivity index (χ4v) is 9.76. The van der Waals surface area contributed by atoms with E-state index in [1.54, 1.807) is 13.3 Å². The second-order valence-electron chi connectivity index (χ2n) is 17.5. The maximum atomic E-state index is 14.1. The van der Waals surface area contributed by atoms with Crippen LogP contribution >= 0.6 is 22.9 Å². The van der Waals surface area contributed by atoms with Gasteiger partial charge in [-0.05, 0) is 60.1 Å². The van der Waals surface area contributed by atoms with Crippen molar-refractivity contribution in [1.29, 1.82) is 0 Å². The third kappa shape index (κ3) is 10.3. The number of methoxy groups -OCH3 is 2. The van der Waals surface area contributed by atoms with Crippen molar-refractivity contribution in [2.45, 2.75) is 90.3 Å². The summed E-state index contributed by atoms with van der Waals surface area (Å²) in [4.78, 5) is 63.4. The quantitative estimate of drug-likeness (QED) is 0.0798. The molecule has 64 heavy (non-hydrogen) atoms. The molecule has 3 atom stereocenters. The van der Waals surface area contributed by atoms with E-state index in [2.05, 4.69) is 30.7 Å². The van der Waals surface area contributed by atoms with E-state index in [9.17, 15) is 28.7 Å². The molecule has 5 heterocycles. The summed E-state index contributed by atoms with van der Waals surface area (Å²) in [5.41, 5.74) is 3.62. The van der Waals surface area contributed by atoms with Gasteiger partial charge in [0.15, 0.2) is 22.7 Å². The summed E-state index contributed by atoms with van der Waals surface area (Å²) in [6.07, 6.45) is 8.69. The second-order valence-corrected chi connectivity index (χ2v) is 18.8. The Morgan fingerprint density at radius 2 is 1.83 bits per heavy atom. The molecule has 13 nitrogen and oxygen atoms in total. The number of halogens is 2. The Labute approximate surface area is 380 Å². The lowest BCUT2D eigenvalue weighted by Gasteiger charge is -2.39. The first-order chi connectivity index (χ1) is 30.7. The standard InChI is InChI=1S/C48H54ClFN4O9S/c1-48(2,3)42-21-28-20-41(40(60-4)23-32(28)36-24-39(56)33(46(57)58)26-54(36)42)63-16-10-8-6-7-9-11-38(55)37-27-62-17-15-53(37)25-29-19-35(45-51-14-18-64-45)52-44(43(29)47(59)61-5)31-13-12-30(50)22-34(31)49/h12-14,18,20,22-24,26,37,42,44H,6-11,15-17,19,21,25,27H2,1-5H3,(H,57,58)/t37-,42?,44-/m0/s1. The molecule has 2 aromatic heterocycles. The van der Waals surface area contributed by atoms with E-state index >= 15 is 0 Å². The van der Waals surface area contributed by atoms with Crippen LogP contribution in [0.1, 0.15) is 104 Å². The third-order valence-corrected chi connectivity index (χ3v) is 13.4.